The summed E-state index contributed by atoms with van der Waals surface area (Å²) in [6, 6.07) is 5.56. The first-order valence-corrected chi connectivity index (χ1v) is 10.9. The smallest absolute Gasteiger partial charge is 0.338 e. The largest absolute Gasteiger partial charge is 0.508 e. The van der Waals surface area contributed by atoms with Crippen LogP contribution in [0.4, 0.5) is 0 Å². The zero-order valence-electron chi connectivity index (χ0n) is 17.8. The molecule has 11 atom stereocenters. The molecule has 12 nitrogen and oxygen atoms in total. The normalized spacial score (nSPS) is 44.6. The van der Waals surface area contributed by atoms with Crippen LogP contribution in [0.3, 0.4) is 0 Å². The highest BCUT2D eigenvalue weighted by atomic mass is 16.8. The van der Waals surface area contributed by atoms with Gasteiger partial charge in [-0.1, -0.05) is 0 Å². The van der Waals surface area contributed by atoms with Gasteiger partial charge in [0.05, 0.1) is 31.0 Å². The molecule has 0 aromatic heterocycles. The van der Waals surface area contributed by atoms with Gasteiger partial charge in [-0.05, 0) is 30.3 Å². The summed E-state index contributed by atoms with van der Waals surface area (Å²) in [6.07, 6.45) is -6.99. The Bertz CT molecular complexity index is 934. The number of epoxide rings is 1. The van der Waals surface area contributed by atoms with Crippen LogP contribution >= 0.6 is 0 Å². The fourth-order valence-corrected chi connectivity index (χ4v) is 5.08. The van der Waals surface area contributed by atoms with Gasteiger partial charge < -0.3 is 54.3 Å². The number of fused-ring (bicyclic) bond motifs is 3. The van der Waals surface area contributed by atoms with Gasteiger partial charge in [0.15, 0.2) is 6.29 Å². The van der Waals surface area contributed by atoms with Crippen molar-refractivity contribution in [3.8, 4) is 5.75 Å². The minimum Gasteiger partial charge on any atom is -0.508 e. The highest BCUT2D eigenvalue weighted by molar-refractivity contribution is 5.89. The zero-order valence-corrected chi connectivity index (χ0v) is 17.8. The van der Waals surface area contributed by atoms with Crippen LogP contribution in [0.5, 0.6) is 5.75 Å². The number of hydrogen-bond donors (Lipinski definition) is 6. The average Bonchev–Trinajstić information content (AvgIpc) is 3.52. The van der Waals surface area contributed by atoms with Crippen molar-refractivity contribution >= 4 is 5.97 Å². The van der Waals surface area contributed by atoms with Crippen LogP contribution in [0.25, 0.3) is 0 Å². The van der Waals surface area contributed by atoms with Crippen molar-refractivity contribution in [1.29, 1.82) is 0 Å². The third-order valence-electron chi connectivity index (χ3n) is 6.94. The molecule has 1 saturated carbocycles. The molecule has 1 aromatic carbocycles. The monoisotopic (exact) mass is 482 g/mol. The second-order valence-corrected chi connectivity index (χ2v) is 8.84. The number of ether oxygens (including phenoxy) is 5. The number of aliphatic hydroxyl groups excluding tert-OH is 5. The maximum Gasteiger partial charge on any atom is 0.338 e. The molecule has 4 aliphatic rings. The predicted octanol–water partition coefficient (Wildman–Crippen LogP) is -2.02. The molecule has 3 aliphatic heterocycles. The van der Waals surface area contributed by atoms with Gasteiger partial charge in [-0.2, -0.15) is 0 Å². The second-order valence-electron chi connectivity index (χ2n) is 8.84. The van der Waals surface area contributed by atoms with E-state index in [1.165, 1.54) is 30.5 Å². The summed E-state index contributed by atoms with van der Waals surface area (Å²) in [6.45, 7) is -1.04. The summed E-state index contributed by atoms with van der Waals surface area (Å²) in [5.41, 5.74) is -0.907. The maximum atomic E-state index is 12.7. The molecule has 0 radical (unpaired) electrons. The van der Waals surface area contributed by atoms with Crippen LogP contribution in [-0.2, 0) is 23.7 Å². The lowest BCUT2D eigenvalue weighted by Crippen LogP contribution is -2.60. The molecular weight excluding hydrogens is 456 g/mol. The SMILES string of the molecule is O=C(O[C@H]1[C@@H]2C=COC(O[C@@H]3O[C@H](CO)[C@@H](O)[C@H](O)[C@H]3O)[C@@H]2[C@@]2(CO)O[C@@H]12)c1ccc(O)cc1. The van der Waals surface area contributed by atoms with E-state index in [1.54, 1.807) is 6.08 Å². The van der Waals surface area contributed by atoms with E-state index in [2.05, 4.69) is 0 Å². The molecule has 5 rings (SSSR count). The van der Waals surface area contributed by atoms with E-state index in [-0.39, 0.29) is 11.3 Å². The minimum absolute atomic E-state index is 0.00264. The molecule has 1 aromatic rings. The molecule has 186 valence electrons. The van der Waals surface area contributed by atoms with Crippen LogP contribution in [0.2, 0.25) is 0 Å². The average molecular weight is 482 g/mol. The second kappa shape index (κ2) is 8.73. The van der Waals surface area contributed by atoms with Crippen LogP contribution < -0.4 is 0 Å². The number of aromatic hydroxyl groups is 1. The Hall–Kier alpha value is -2.29. The summed E-state index contributed by atoms with van der Waals surface area (Å²) < 4.78 is 28.3. The van der Waals surface area contributed by atoms with E-state index in [4.69, 9.17) is 23.7 Å². The van der Waals surface area contributed by atoms with E-state index < -0.39 is 85.8 Å². The highest BCUT2D eigenvalue weighted by Crippen LogP contribution is 2.60. The third-order valence-corrected chi connectivity index (χ3v) is 6.94. The van der Waals surface area contributed by atoms with Gasteiger partial charge >= 0.3 is 5.97 Å². The summed E-state index contributed by atoms with van der Waals surface area (Å²) in [5.74, 6) is -1.78. The van der Waals surface area contributed by atoms with E-state index in [0.29, 0.717) is 0 Å². The van der Waals surface area contributed by atoms with Crippen LogP contribution in [0.15, 0.2) is 36.6 Å². The highest BCUT2D eigenvalue weighted by Gasteiger charge is 2.77. The van der Waals surface area contributed by atoms with Crippen molar-refractivity contribution in [2.75, 3.05) is 13.2 Å². The number of hydrogen-bond acceptors (Lipinski definition) is 12. The third kappa shape index (κ3) is 3.67. The van der Waals surface area contributed by atoms with Crippen molar-refractivity contribution in [1.82, 2.24) is 0 Å². The van der Waals surface area contributed by atoms with E-state index >= 15 is 0 Å². The van der Waals surface area contributed by atoms with E-state index in [0.717, 1.165) is 0 Å². The van der Waals surface area contributed by atoms with E-state index in [9.17, 15) is 35.4 Å². The number of rotatable bonds is 6. The van der Waals surface area contributed by atoms with Gasteiger partial charge in [-0.3, -0.25) is 0 Å². The molecule has 12 heteroatoms. The maximum absolute atomic E-state index is 12.7. The molecule has 0 amide bonds. The quantitative estimate of drug-likeness (QED) is 0.193. The van der Waals surface area contributed by atoms with Gasteiger partial charge in [0.25, 0.3) is 0 Å². The minimum atomic E-state index is -1.64. The molecular formula is C22H26O12. The van der Waals surface area contributed by atoms with E-state index in [1.807, 2.05) is 0 Å². The Morgan fingerprint density at radius 3 is 2.44 bits per heavy atom. The molecule has 3 heterocycles. The number of benzene rings is 1. The summed E-state index contributed by atoms with van der Waals surface area (Å²) >= 11 is 0. The first kappa shape index (κ1) is 23.5. The standard InChI is InChI=1S/C22H26O12/c23-7-12-14(26)15(27)16(28)21(31-12)33-20-13-11(5-6-30-20)17(18-22(13,8-24)34-18)32-19(29)9-1-3-10(25)4-2-9/h1-6,11-18,20-21,23-28H,7-8H2/t11-,12-,13-,14-,15+,16-,17+,18+,20?,21+,22-/m1/s1. The van der Waals surface area contributed by atoms with Gasteiger partial charge in [0.2, 0.25) is 6.29 Å². The molecule has 2 saturated heterocycles. The topological polar surface area (TPSA) is 188 Å². The van der Waals surface area contributed by atoms with Crippen LogP contribution in [0.1, 0.15) is 10.4 Å². The van der Waals surface area contributed by atoms with Crippen LogP contribution in [-0.4, -0.2) is 105 Å². The summed E-state index contributed by atoms with van der Waals surface area (Å²) in [7, 11) is 0. The first-order chi connectivity index (χ1) is 16.3. The first-order valence-electron chi connectivity index (χ1n) is 10.9. The summed E-state index contributed by atoms with van der Waals surface area (Å²) in [4.78, 5) is 12.7. The Kier molecular flexibility index (Phi) is 6.02. The zero-order chi connectivity index (χ0) is 24.2. The van der Waals surface area contributed by atoms with Crippen molar-refractivity contribution in [2.45, 2.75) is 54.8 Å². The molecule has 1 unspecified atom stereocenters. The number of esters is 1. The summed E-state index contributed by atoms with van der Waals surface area (Å²) in [5, 5.41) is 59.3. The van der Waals surface area contributed by atoms with Crippen molar-refractivity contribution in [2.24, 2.45) is 11.8 Å². The lowest BCUT2D eigenvalue weighted by molar-refractivity contribution is -0.344. The number of carbonyl (C=O) groups is 1. The van der Waals surface area contributed by atoms with Crippen molar-refractivity contribution < 1.29 is 59.1 Å². The number of phenolic OH excluding ortho intramolecular Hbond substituents is 1. The Morgan fingerprint density at radius 2 is 1.76 bits per heavy atom. The van der Waals surface area contributed by atoms with Gasteiger partial charge in [0.1, 0.15) is 48.0 Å². The molecule has 0 bridgehead atoms. The molecule has 34 heavy (non-hydrogen) atoms. The van der Waals surface area contributed by atoms with Gasteiger partial charge in [0, 0.05) is 5.92 Å². The lowest BCUT2D eigenvalue weighted by Gasteiger charge is -2.43. The van der Waals surface area contributed by atoms with Gasteiger partial charge in [-0.15, -0.1) is 0 Å². The Labute approximate surface area is 193 Å². The number of carbonyl (C=O) groups excluding carboxylic acids is 1. The fraction of sp³-hybridized carbons (Fsp3) is 0.591. The molecule has 0 spiro atoms. The van der Waals surface area contributed by atoms with Crippen molar-refractivity contribution in [3.05, 3.63) is 42.2 Å². The molecule has 6 N–H and O–H groups in total. The number of phenols is 1. The Balaban J connectivity index is 1.34. The predicted molar refractivity (Wildman–Crippen MR) is 108 cm³/mol. The Morgan fingerprint density at radius 1 is 1.03 bits per heavy atom. The fourth-order valence-electron chi connectivity index (χ4n) is 5.08. The number of aliphatic hydroxyl groups is 5. The molecule has 3 fully saturated rings. The van der Waals surface area contributed by atoms with Crippen LogP contribution in [0, 0.1) is 11.8 Å². The lowest BCUT2D eigenvalue weighted by atomic mass is 9.85. The van der Waals surface area contributed by atoms with Crippen molar-refractivity contribution in [3.63, 3.8) is 0 Å². The molecule has 1 aliphatic carbocycles. The van der Waals surface area contributed by atoms with Gasteiger partial charge in [-0.25, -0.2) is 4.79 Å².